The molecule has 0 bridgehead atoms. The lowest BCUT2D eigenvalue weighted by atomic mass is 10.1. The van der Waals surface area contributed by atoms with Crippen LogP contribution in [-0.4, -0.2) is 51.1 Å². The van der Waals surface area contributed by atoms with Crippen LogP contribution < -0.4 is 5.32 Å². The maximum Gasteiger partial charge on any atom is 0.305 e. The Balaban J connectivity index is 0. The van der Waals surface area contributed by atoms with Crippen molar-refractivity contribution < 1.29 is 35.1 Å². The van der Waals surface area contributed by atoms with Gasteiger partial charge in [-0.25, -0.2) is 0 Å². The van der Waals surface area contributed by atoms with Crippen molar-refractivity contribution in [2.75, 3.05) is 13.6 Å². The number of nitrogens with one attached hydrogen (secondary N) is 1. The van der Waals surface area contributed by atoms with Gasteiger partial charge < -0.3 is 30.8 Å². The van der Waals surface area contributed by atoms with Crippen LogP contribution in [-0.2, 0) is 9.59 Å². The predicted molar refractivity (Wildman–Crippen MR) is 93.6 cm³/mol. The molecule has 0 aliphatic carbocycles. The first kappa shape index (κ1) is 24.9. The lowest BCUT2D eigenvalue weighted by molar-refractivity contribution is -0.141. The van der Waals surface area contributed by atoms with E-state index in [9.17, 15) is 14.7 Å². The molecule has 0 saturated heterocycles. The highest BCUT2D eigenvalue weighted by Gasteiger charge is 2.08. The summed E-state index contributed by atoms with van der Waals surface area (Å²) in [6, 6.07) is 4.26. The topological polar surface area (TPSA) is 147 Å². The number of aliphatic hydroxyl groups excluding tert-OH is 1. The number of carboxylic acids is 2. The Kier molecular flexibility index (Phi) is 13.0. The van der Waals surface area contributed by atoms with E-state index in [1.165, 1.54) is 12.1 Å². The summed E-state index contributed by atoms with van der Waals surface area (Å²) < 4.78 is 0. The van der Waals surface area contributed by atoms with Crippen LogP contribution in [0.1, 0.15) is 39.4 Å². The van der Waals surface area contributed by atoms with Crippen molar-refractivity contribution in [1.29, 1.82) is 0 Å². The molecule has 0 aliphatic rings. The normalized spacial score (nSPS) is 11.0. The number of hydrogen-bond acceptors (Lipinski definition) is 6. The van der Waals surface area contributed by atoms with Crippen molar-refractivity contribution in [2.24, 2.45) is 11.8 Å². The molecule has 0 heterocycles. The van der Waals surface area contributed by atoms with Crippen molar-refractivity contribution in [3.05, 3.63) is 23.8 Å². The van der Waals surface area contributed by atoms with E-state index in [1.54, 1.807) is 40.8 Å². The molecule has 144 valence electrons. The summed E-state index contributed by atoms with van der Waals surface area (Å²) in [5.41, 5.74) is 0.574. The molecule has 1 rings (SSSR count). The summed E-state index contributed by atoms with van der Waals surface area (Å²) in [6.07, 6.45) is -0.670. The van der Waals surface area contributed by atoms with Crippen LogP contribution >= 0.6 is 0 Å². The lowest BCUT2D eigenvalue weighted by Gasteiger charge is -2.10. The number of aromatic hydroxyl groups is 2. The van der Waals surface area contributed by atoms with Gasteiger partial charge in [-0.1, -0.05) is 33.8 Å². The highest BCUT2D eigenvalue weighted by atomic mass is 16.4. The molecule has 0 spiro atoms. The maximum absolute atomic E-state index is 9.70. The Hall–Kier alpha value is -2.32. The highest BCUT2D eigenvalue weighted by Crippen LogP contribution is 2.27. The number of rotatable bonds is 5. The van der Waals surface area contributed by atoms with E-state index >= 15 is 0 Å². The van der Waals surface area contributed by atoms with Crippen molar-refractivity contribution in [3.8, 4) is 11.5 Å². The van der Waals surface area contributed by atoms with E-state index in [0.29, 0.717) is 12.1 Å². The number of aliphatic carboxylic acids is 2. The van der Waals surface area contributed by atoms with Crippen LogP contribution in [0, 0.1) is 11.8 Å². The van der Waals surface area contributed by atoms with Crippen LogP contribution in [0.2, 0.25) is 0 Å². The number of carboxylic acid groups (broad SMARTS) is 2. The molecule has 1 atom stereocenters. The van der Waals surface area contributed by atoms with Crippen LogP contribution in [0.5, 0.6) is 11.5 Å². The molecule has 0 fully saturated rings. The molecular weight excluding hydrogens is 330 g/mol. The second kappa shape index (κ2) is 13.0. The molecule has 0 radical (unpaired) electrons. The molecule has 8 nitrogen and oxygen atoms in total. The third-order valence-electron chi connectivity index (χ3n) is 2.77. The molecule has 0 aliphatic heterocycles. The van der Waals surface area contributed by atoms with Gasteiger partial charge in [0, 0.05) is 6.54 Å². The van der Waals surface area contributed by atoms with Gasteiger partial charge in [-0.3, -0.25) is 9.59 Å². The fourth-order valence-corrected chi connectivity index (χ4v) is 1.06. The van der Waals surface area contributed by atoms with Gasteiger partial charge in [0.1, 0.15) is 0 Å². The van der Waals surface area contributed by atoms with Crippen molar-refractivity contribution >= 4 is 11.9 Å². The summed E-state index contributed by atoms with van der Waals surface area (Å²) in [6.45, 7) is 6.97. The van der Waals surface area contributed by atoms with E-state index in [-0.39, 0.29) is 23.3 Å². The minimum absolute atomic E-state index is 0.180. The Morgan fingerprint density at radius 1 is 0.960 bits per heavy atom. The SMILES string of the molecule is CC(C)C(=O)O.CC(C)C(=O)O.CNCC(O)c1ccc(O)c(O)c1. The van der Waals surface area contributed by atoms with Gasteiger partial charge in [-0.2, -0.15) is 0 Å². The van der Waals surface area contributed by atoms with Crippen molar-refractivity contribution in [2.45, 2.75) is 33.8 Å². The number of aliphatic hydroxyl groups is 1. The molecule has 1 unspecified atom stereocenters. The number of benzene rings is 1. The van der Waals surface area contributed by atoms with Crippen LogP contribution in [0.25, 0.3) is 0 Å². The van der Waals surface area contributed by atoms with E-state index in [0.717, 1.165) is 0 Å². The third-order valence-corrected chi connectivity index (χ3v) is 2.77. The second-order valence-electron chi connectivity index (χ2n) is 5.81. The zero-order valence-electron chi connectivity index (χ0n) is 15.2. The van der Waals surface area contributed by atoms with E-state index in [2.05, 4.69) is 5.32 Å². The minimum Gasteiger partial charge on any atom is -0.504 e. The van der Waals surface area contributed by atoms with Crippen LogP contribution in [0.15, 0.2) is 18.2 Å². The van der Waals surface area contributed by atoms with Crippen molar-refractivity contribution in [3.63, 3.8) is 0 Å². The molecule has 25 heavy (non-hydrogen) atoms. The first-order valence-electron chi connectivity index (χ1n) is 7.74. The number of phenols is 2. The largest absolute Gasteiger partial charge is 0.504 e. The predicted octanol–water partition coefficient (Wildman–Crippen LogP) is 1.80. The zero-order valence-corrected chi connectivity index (χ0v) is 15.2. The maximum atomic E-state index is 9.70. The smallest absolute Gasteiger partial charge is 0.305 e. The van der Waals surface area contributed by atoms with E-state index in [4.69, 9.17) is 20.4 Å². The summed E-state index contributed by atoms with van der Waals surface area (Å²) in [5.74, 6) is -2.34. The lowest BCUT2D eigenvalue weighted by Crippen LogP contribution is -2.16. The first-order valence-corrected chi connectivity index (χ1v) is 7.74. The third kappa shape index (κ3) is 12.7. The molecule has 0 saturated carbocycles. The monoisotopic (exact) mass is 359 g/mol. The molecule has 8 heteroatoms. The summed E-state index contributed by atoms with van der Waals surface area (Å²) in [7, 11) is 1.73. The first-order chi connectivity index (χ1) is 11.4. The van der Waals surface area contributed by atoms with Crippen LogP contribution in [0.3, 0.4) is 0 Å². The zero-order chi connectivity index (χ0) is 20.2. The highest BCUT2D eigenvalue weighted by molar-refractivity contribution is 5.69. The average molecular weight is 359 g/mol. The van der Waals surface area contributed by atoms with Gasteiger partial charge >= 0.3 is 11.9 Å². The van der Waals surface area contributed by atoms with Gasteiger partial charge in [-0.15, -0.1) is 0 Å². The molecular formula is C17H29NO7. The fourth-order valence-electron chi connectivity index (χ4n) is 1.06. The Labute approximate surface area is 147 Å². The molecule has 1 aromatic rings. The average Bonchev–Trinajstić information content (AvgIpc) is 2.51. The Bertz CT molecular complexity index is 512. The van der Waals surface area contributed by atoms with Gasteiger partial charge in [0.2, 0.25) is 0 Å². The van der Waals surface area contributed by atoms with Gasteiger partial charge in [0.25, 0.3) is 0 Å². The van der Waals surface area contributed by atoms with Gasteiger partial charge in [0.05, 0.1) is 17.9 Å². The Morgan fingerprint density at radius 2 is 1.36 bits per heavy atom. The van der Waals surface area contributed by atoms with Crippen LogP contribution in [0.4, 0.5) is 0 Å². The van der Waals surface area contributed by atoms with E-state index < -0.39 is 18.0 Å². The fraction of sp³-hybridized carbons (Fsp3) is 0.529. The molecule has 1 aromatic carbocycles. The van der Waals surface area contributed by atoms with E-state index in [1.807, 2.05) is 0 Å². The number of likely N-dealkylation sites (N-methyl/N-ethyl adjacent to an activating group) is 1. The Morgan fingerprint density at radius 3 is 1.64 bits per heavy atom. The number of phenolic OH excluding ortho intramolecular Hbond substituents is 2. The summed E-state index contributed by atoms with van der Waals surface area (Å²) in [5, 5.41) is 46.4. The number of carbonyl (C=O) groups is 2. The van der Waals surface area contributed by atoms with Gasteiger partial charge in [-0.05, 0) is 24.7 Å². The van der Waals surface area contributed by atoms with Gasteiger partial charge in [0.15, 0.2) is 11.5 Å². The molecule has 6 N–H and O–H groups in total. The standard InChI is InChI=1S/C9H13NO3.2C4H8O2/c1-10-5-9(13)6-2-3-7(11)8(12)4-6;2*1-3(2)4(5)6/h2-4,9-13H,5H2,1H3;2*3H,1-2H3,(H,5,6). The molecule has 0 aromatic heterocycles. The van der Waals surface area contributed by atoms with Crippen molar-refractivity contribution in [1.82, 2.24) is 5.32 Å². The minimum atomic E-state index is -0.741. The second-order valence-corrected chi connectivity index (χ2v) is 5.81. The summed E-state index contributed by atoms with van der Waals surface area (Å²) >= 11 is 0. The summed E-state index contributed by atoms with van der Waals surface area (Å²) in [4.78, 5) is 19.4. The number of hydrogen-bond donors (Lipinski definition) is 6. The quantitative estimate of drug-likeness (QED) is 0.436. The molecule has 0 amide bonds.